The highest BCUT2D eigenvalue weighted by molar-refractivity contribution is 5.95. The monoisotopic (exact) mass is 384 g/mol. The third kappa shape index (κ3) is 4.28. The van der Waals surface area contributed by atoms with Gasteiger partial charge in [-0.3, -0.25) is 14.9 Å². The number of benzene rings is 2. The Bertz CT molecular complexity index is 894. The Morgan fingerprint density at radius 1 is 1.18 bits per heavy atom. The number of carbonyl (C=O) groups excluding carboxylic acids is 2. The molecule has 0 saturated heterocycles. The molecule has 0 aliphatic carbocycles. The van der Waals surface area contributed by atoms with E-state index in [1.54, 1.807) is 42.2 Å². The van der Waals surface area contributed by atoms with Crippen LogP contribution in [0, 0.1) is 10.1 Å². The number of nitro groups is 1. The number of nitrogens with zero attached hydrogens (tertiary/aromatic N) is 2. The molecule has 0 saturated carbocycles. The van der Waals surface area contributed by atoms with Gasteiger partial charge in [0.25, 0.3) is 11.6 Å². The first-order chi connectivity index (χ1) is 13.5. The van der Waals surface area contributed by atoms with Crippen molar-refractivity contribution in [3.63, 3.8) is 0 Å². The van der Waals surface area contributed by atoms with Crippen molar-refractivity contribution in [1.29, 1.82) is 0 Å². The quantitative estimate of drug-likeness (QED) is 0.431. The molecule has 8 heteroatoms. The van der Waals surface area contributed by atoms with Gasteiger partial charge in [-0.05, 0) is 55.7 Å². The molecule has 1 amide bonds. The average Bonchev–Trinajstić information content (AvgIpc) is 2.71. The van der Waals surface area contributed by atoms with E-state index in [9.17, 15) is 19.7 Å². The molecule has 28 heavy (non-hydrogen) atoms. The fourth-order valence-corrected chi connectivity index (χ4v) is 3.08. The maximum atomic E-state index is 12.6. The summed E-state index contributed by atoms with van der Waals surface area (Å²) in [7, 11) is 0. The predicted molar refractivity (Wildman–Crippen MR) is 102 cm³/mol. The number of esters is 1. The van der Waals surface area contributed by atoms with E-state index in [-0.39, 0.29) is 18.2 Å². The molecule has 2 aromatic carbocycles. The van der Waals surface area contributed by atoms with Crippen LogP contribution in [0.2, 0.25) is 0 Å². The molecule has 0 spiro atoms. The third-order valence-electron chi connectivity index (χ3n) is 4.42. The van der Waals surface area contributed by atoms with Crippen molar-refractivity contribution in [2.24, 2.45) is 0 Å². The summed E-state index contributed by atoms with van der Waals surface area (Å²) in [5.74, 6) is -0.184. The SMILES string of the molecule is CCOC(=O)c1ccc(OCC(=O)N2CCCc3cc([N+](=O)[O-])ccc32)cc1. The smallest absolute Gasteiger partial charge is 0.338 e. The summed E-state index contributed by atoms with van der Waals surface area (Å²) in [5, 5.41) is 10.9. The molecule has 1 aliphatic heterocycles. The van der Waals surface area contributed by atoms with Crippen LogP contribution in [-0.4, -0.2) is 36.6 Å². The molecule has 0 aromatic heterocycles. The van der Waals surface area contributed by atoms with Gasteiger partial charge in [0.2, 0.25) is 0 Å². The molecule has 0 unspecified atom stereocenters. The van der Waals surface area contributed by atoms with Crippen LogP contribution in [-0.2, 0) is 16.0 Å². The van der Waals surface area contributed by atoms with Gasteiger partial charge in [-0.15, -0.1) is 0 Å². The number of fused-ring (bicyclic) bond motifs is 1. The van der Waals surface area contributed by atoms with Crippen molar-refractivity contribution in [3.05, 3.63) is 63.7 Å². The maximum absolute atomic E-state index is 12.6. The normalized spacial score (nSPS) is 12.8. The molecule has 0 radical (unpaired) electrons. The lowest BCUT2D eigenvalue weighted by molar-refractivity contribution is -0.384. The number of nitro benzene ring substituents is 1. The molecule has 1 aliphatic rings. The van der Waals surface area contributed by atoms with Crippen LogP contribution in [0.15, 0.2) is 42.5 Å². The summed E-state index contributed by atoms with van der Waals surface area (Å²) in [6, 6.07) is 10.9. The van der Waals surface area contributed by atoms with Gasteiger partial charge in [0, 0.05) is 24.4 Å². The van der Waals surface area contributed by atoms with Gasteiger partial charge in [0.15, 0.2) is 6.61 Å². The number of rotatable bonds is 6. The summed E-state index contributed by atoms with van der Waals surface area (Å²) in [6.07, 6.45) is 1.42. The van der Waals surface area contributed by atoms with Crippen molar-refractivity contribution in [3.8, 4) is 5.75 Å². The molecular weight excluding hydrogens is 364 g/mol. The second-order valence-corrected chi connectivity index (χ2v) is 6.25. The number of hydrogen-bond donors (Lipinski definition) is 0. The van der Waals surface area contributed by atoms with Crippen molar-refractivity contribution in [2.75, 3.05) is 24.7 Å². The number of amides is 1. The fourth-order valence-electron chi connectivity index (χ4n) is 3.08. The Balaban J connectivity index is 1.65. The lowest BCUT2D eigenvalue weighted by Gasteiger charge is -2.29. The first-order valence-electron chi connectivity index (χ1n) is 8.97. The first kappa shape index (κ1) is 19.3. The molecule has 2 aromatic rings. The lowest BCUT2D eigenvalue weighted by Crippen LogP contribution is -2.38. The highest BCUT2D eigenvalue weighted by Crippen LogP contribution is 2.30. The Morgan fingerprint density at radius 3 is 2.61 bits per heavy atom. The summed E-state index contributed by atoms with van der Waals surface area (Å²) < 4.78 is 10.5. The number of ether oxygens (including phenoxy) is 2. The highest BCUT2D eigenvalue weighted by atomic mass is 16.6. The number of anilines is 1. The van der Waals surface area contributed by atoms with Gasteiger partial charge in [0.1, 0.15) is 5.75 Å². The van der Waals surface area contributed by atoms with Crippen molar-refractivity contribution in [1.82, 2.24) is 0 Å². The number of non-ortho nitro benzene ring substituents is 1. The van der Waals surface area contributed by atoms with Gasteiger partial charge in [-0.1, -0.05) is 0 Å². The summed E-state index contributed by atoms with van der Waals surface area (Å²) in [5.41, 5.74) is 1.90. The number of hydrogen-bond acceptors (Lipinski definition) is 6. The molecule has 0 N–H and O–H groups in total. The molecular formula is C20H20N2O6. The largest absolute Gasteiger partial charge is 0.484 e. The van der Waals surface area contributed by atoms with E-state index in [2.05, 4.69) is 0 Å². The van der Waals surface area contributed by atoms with Crippen LogP contribution in [0.4, 0.5) is 11.4 Å². The summed E-state index contributed by atoms with van der Waals surface area (Å²) in [6.45, 7) is 2.40. The Morgan fingerprint density at radius 2 is 1.93 bits per heavy atom. The van der Waals surface area contributed by atoms with E-state index in [0.29, 0.717) is 36.6 Å². The molecule has 3 rings (SSSR count). The Hall–Kier alpha value is -3.42. The van der Waals surface area contributed by atoms with E-state index in [4.69, 9.17) is 9.47 Å². The van der Waals surface area contributed by atoms with E-state index in [0.717, 1.165) is 12.0 Å². The Labute approximate surface area is 161 Å². The standard InChI is InChI=1S/C20H20N2O6/c1-2-27-20(24)14-5-8-17(9-6-14)28-13-19(23)21-11-3-4-15-12-16(22(25)26)7-10-18(15)21/h5-10,12H,2-4,11,13H2,1H3. The van der Waals surface area contributed by atoms with Crippen LogP contribution in [0.3, 0.4) is 0 Å². The zero-order valence-electron chi connectivity index (χ0n) is 15.4. The molecule has 0 bridgehead atoms. The second-order valence-electron chi connectivity index (χ2n) is 6.25. The summed E-state index contributed by atoms with van der Waals surface area (Å²) in [4.78, 5) is 36.3. The highest BCUT2D eigenvalue weighted by Gasteiger charge is 2.24. The molecule has 0 atom stereocenters. The van der Waals surface area contributed by atoms with Crippen LogP contribution in [0.5, 0.6) is 5.75 Å². The molecule has 0 fully saturated rings. The maximum Gasteiger partial charge on any atom is 0.338 e. The number of aryl methyl sites for hydroxylation is 1. The van der Waals surface area contributed by atoms with Crippen molar-refractivity contribution < 1.29 is 24.0 Å². The minimum Gasteiger partial charge on any atom is -0.484 e. The first-order valence-corrected chi connectivity index (χ1v) is 8.97. The minimum atomic E-state index is -0.440. The predicted octanol–water partition coefficient (Wildman–Crippen LogP) is 3.13. The van der Waals surface area contributed by atoms with Gasteiger partial charge < -0.3 is 14.4 Å². The lowest BCUT2D eigenvalue weighted by atomic mass is 10.0. The van der Waals surface area contributed by atoms with Gasteiger partial charge in [-0.25, -0.2) is 4.79 Å². The Kier molecular flexibility index (Phi) is 5.88. The van der Waals surface area contributed by atoms with E-state index >= 15 is 0 Å². The van der Waals surface area contributed by atoms with Crippen LogP contribution in [0.25, 0.3) is 0 Å². The van der Waals surface area contributed by atoms with Crippen molar-refractivity contribution >= 4 is 23.3 Å². The zero-order chi connectivity index (χ0) is 20.1. The van der Waals surface area contributed by atoms with Crippen LogP contribution < -0.4 is 9.64 Å². The van der Waals surface area contributed by atoms with Crippen LogP contribution >= 0.6 is 0 Å². The van der Waals surface area contributed by atoms with E-state index in [1.807, 2.05) is 0 Å². The van der Waals surface area contributed by atoms with E-state index in [1.165, 1.54) is 12.1 Å². The van der Waals surface area contributed by atoms with Crippen LogP contribution in [0.1, 0.15) is 29.3 Å². The molecule has 146 valence electrons. The minimum absolute atomic E-state index is 0.0194. The van der Waals surface area contributed by atoms with E-state index < -0.39 is 10.9 Å². The van der Waals surface area contributed by atoms with Gasteiger partial charge in [0.05, 0.1) is 17.1 Å². The third-order valence-corrected chi connectivity index (χ3v) is 4.42. The zero-order valence-corrected chi connectivity index (χ0v) is 15.4. The fraction of sp³-hybridized carbons (Fsp3) is 0.300. The summed E-state index contributed by atoms with van der Waals surface area (Å²) >= 11 is 0. The van der Waals surface area contributed by atoms with Gasteiger partial charge >= 0.3 is 5.97 Å². The number of carbonyl (C=O) groups is 2. The second kappa shape index (κ2) is 8.51. The average molecular weight is 384 g/mol. The topological polar surface area (TPSA) is 99.0 Å². The van der Waals surface area contributed by atoms with Crippen molar-refractivity contribution in [2.45, 2.75) is 19.8 Å². The van der Waals surface area contributed by atoms with Gasteiger partial charge in [-0.2, -0.15) is 0 Å². The molecule has 1 heterocycles. The molecule has 8 nitrogen and oxygen atoms in total.